The predicted octanol–water partition coefficient (Wildman–Crippen LogP) is -0.279. The van der Waals surface area contributed by atoms with Crippen LogP contribution in [-0.4, -0.2) is 29.5 Å². The Morgan fingerprint density at radius 1 is 1.78 bits per heavy atom. The van der Waals surface area contributed by atoms with E-state index in [1.54, 1.807) is 7.05 Å². The third-order valence-electron chi connectivity index (χ3n) is 1.04. The van der Waals surface area contributed by atoms with Crippen molar-refractivity contribution < 1.29 is 9.90 Å². The number of carbonyl (C=O) groups excluding carboxylic acids is 1. The largest absolute Gasteiger partial charge is 0.391 e. The van der Waals surface area contributed by atoms with Gasteiger partial charge in [-0.05, 0) is 25.6 Å². The van der Waals surface area contributed by atoms with Crippen molar-refractivity contribution in [1.29, 1.82) is 0 Å². The topological polar surface area (TPSA) is 49.3 Å². The first-order valence-electron chi connectivity index (χ1n) is 2.64. The van der Waals surface area contributed by atoms with Crippen LogP contribution in [0.4, 0.5) is 0 Å². The maximum absolute atomic E-state index is 10.4. The molecule has 0 aliphatic heterocycles. The molecule has 0 aromatic carbocycles. The normalized spacial score (nSPS) is 16.9. The highest BCUT2D eigenvalue weighted by molar-refractivity contribution is 6.64. The summed E-state index contributed by atoms with van der Waals surface area (Å²) in [6.45, 7) is 1.50. The number of aliphatic hydroxyl groups is 1. The molecule has 0 rings (SSSR count). The van der Waals surface area contributed by atoms with E-state index in [0.29, 0.717) is 0 Å². The lowest BCUT2D eigenvalue weighted by Crippen LogP contribution is -2.40. The molecule has 0 aromatic heterocycles. The third kappa shape index (κ3) is 2.79. The minimum atomic E-state index is -0.736. The van der Waals surface area contributed by atoms with E-state index >= 15 is 0 Å². The van der Waals surface area contributed by atoms with Crippen LogP contribution in [-0.2, 0) is 4.79 Å². The lowest BCUT2D eigenvalue weighted by molar-refractivity contribution is -0.115. The van der Waals surface area contributed by atoms with E-state index in [9.17, 15) is 4.79 Å². The van der Waals surface area contributed by atoms with Crippen LogP contribution in [0.5, 0.6) is 0 Å². The highest BCUT2D eigenvalue weighted by Gasteiger charge is 2.18. The second-order valence-corrected chi connectivity index (χ2v) is 2.18. The van der Waals surface area contributed by atoms with E-state index in [1.807, 2.05) is 0 Å². The van der Waals surface area contributed by atoms with E-state index in [-0.39, 0.29) is 0 Å². The summed E-state index contributed by atoms with van der Waals surface area (Å²) in [5.74, 6) is 0. The third-order valence-corrected chi connectivity index (χ3v) is 1.27. The molecule has 0 spiro atoms. The molecule has 0 fully saturated rings. The zero-order valence-electron chi connectivity index (χ0n) is 5.39. The number of nitrogens with one attached hydrogen (secondary N) is 1. The second kappa shape index (κ2) is 3.82. The predicted molar refractivity (Wildman–Crippen MR) is 35.4 cm³/mol. The molecule has 0 heterocycles. The lowest BCUT2D eigenvalue weighted by Gasteiger charge is -2.13. The van der Waals surface area contributed by atoms with Crippen molar-refractivity contribution in [3.8, 4) is 0 Å². The summed E-state index contributed by atoms with van der Waals surface area (Å²) in [6, 6.07) is -0.647. The monoisotopic (exact) mass is 151 g/mol. The maximum atomic E-state index is 10.4. The van der Waals surface area contributed by atoms with Gasteiger partial charge in [0.15, 0.2) is 0 Å². The van der Waals surface area contributed by atoms with Gasteiger partial charge < -0.3 is 10.4 Å². The van der Waals surface area contributed by atoms with Gasteiger partial charge in [0.2, 0.25) is 5.24 Å². The SMILES string of the molecule is CN[C@H](C(=O)Cl)[C@@H](C)O. The van der Waals surface area contributed by atoms with E-state index in [1.165, 1.54) is 6.92 Å². The zero-order chi connectivity index (χ0) is 7.44. The van der Waals surface area contributed by atoms with Gasteiger partial charge in [-0.1, -0.05) is 0 Å². The van der Waals surface area contributed by atoms with Crippen LogP contribution in [0.25, 0.3) is 0 Å². The van der Waals surface area contributed by atoms with Crippen LogP contribution in [0, 0.1) is 0 Å². The molecule has 3 nitrogen and oxygen atoms in total. The average molecular weight is 152 g/mol. The molecule has 2 atom stereocenters. The fraction of sp³-hybridized carbons (Fsp3) is 0.800. The average Bonchev–Trinajstić information content (AvgIpc) is 1.64. The summed E-state index contributed by atoms with van der Waals surface area (Å²) in [6.07, 6.45) is -0.736. The first kappa shape index (κ1) is 8.88. The Morgan fingerprint density at radius 3 is 2.22 bits per heavy atom. The van der Waals surface area contributed by atoms with Gasteiger partial charge in [-0.2, -0.15) is 0 Å². The molecule has 9 heavy (non-hydrogen) atoms. The number of halogens is 1. The minimum Gasteiger partial charge on any atom is -0.391 e. The molecular weight excluding hydrogens is 142 g/mol. The molecule has 0 bridgehead atoms. The van der Waals surface area contributed by atoms with Crippen molar-refractivity contribution in [2.45, 2.75) is 19.1 Å². The maximum Gasteiger partial charge on any atom is 0.241 e. The summed E-state index contributed by atoms with van der Waals surface area (Å²) in [4.78, 5) is 10.4. The van der Waals surface area contributed by atoms with Gasteiger partial charge in [0.05, 0.1) is 6.10 Å². The Morgan fingerprint density at radius 2 is 2.22 bits per heavy atom. The van der Waals surface area contributed by atoms with Crippen molar-refractivity contribution in [3.63, 3.8) is 0 Å². The molecule has 4 heteroatoms. The number of likely N-dealkylation sites (N-methyl/N-ethyl adjacent to an activating group) is 1. The fourth-order valence-corrected chi connectivity index (χ4v) is 0.836. The van der Waals surface area contributed by atoms with Gasteiger partial charge in [-0.3, -0.25) is 4.79 Å². The zero-order valence-corrected chi connectivity index (χ0v) is 6.14. The van der Waals surface area contributed by atoms with Crippen LogP contribution >= 0.6 is 11.6 Å². The van der Waals surface area contributed by atoms with Gasteiger partial charge in [0, 0.05) is 0 Å². The Kier molecular flexibility index (Phi) is 3.77. The first-order valence-corrected chi connectivity index (χ1v) is 3.02. The molecule has 0 radical (unpaired) electrons. The van der Waals surface area contributed by atoms with Crippen LogP contribution < -0.4 is 5.32 Å². The first-order chi connectivity index (χ1) is 4.09. The minimum absolute atomic E-state index is 0.562. The van der Waals surface area contributed by atoms with E-state index in [2.05, 4.69) is 5.32 Å². The fourth-order valence-electron chi connectivity index (χ4n) is 0.544. The van der Waals surface area contributed by atoms with Crippen molar-refractivity contribution >= 4 is 16.8 Å². The van der Waals surface area contributed by atoms with Gasteiger partial charge in [0.25, 0.3) is 0 Å². The Labute approximate surface area is 59.0 Å². The van der Waals surface area contributed by atoms with Gasteiger partial charge in [-0.25, -0.2) is 0 Å². The Hall–Kier alpha value is -0.120. The molecule has 0 saturated heterocycles. The van der Waals surface area contributed by atoms with Crippen molar-refractivity contribution in [3.05, 3.63) is 0 Å². The molecule has 0 saturated carbocycles. The highest BCUT2D eigenvalue weighted by Crippen LogP contribution is 1.95. The highest BCUT2D eigenvalue weighted by atomic mass is 35.5. The van der Waals surface area contributed by atoms with Crippen LogP contribution in [0.1, 0.15) is 6.92 Å². The van der Waals surface area contributed by atoms with Gasteiger partial charge in [-0.15, -0.1) is 0 Å². The van der Waals surface area contributed by atoms with E-state index in [0.717, 1.165) is 0 Å². The summed E-state index contributed by atoms with van der Waals surface area (Å²) in [5.41, 5.74) is 0. The van der Waals surface area contributed by atoms with Crippen molar-refractivity contribution in [2.24, 2.45) is 0 Å². The number of hydrogen-bond acceptors (Lipinski definition) is 3. The van der Waals surface area contributed by atoms with Crippen LogP contribution in [0.2, 0.25) is 0 Å². The standard InChI is InChI=1S/C5H10ClNO2/c1-3(8)4(7-2)5(6)9/h3-4,7-8H,1-2H3/t3-,4+/m1/s1. The summed E-state index contributed by atoms with van der Waals surface area (Å²) >= 11 is 5.08. The quantitative estimate of drug-likeness (QED) is 0.546. The molecule has 0 unspecified atom stereocenters. The summed E-state index contributed by atoms with van der Waals surface area (Å²) in [7, 11) is 1.57. The van der Waals surface area contributed by atoms with Gasteiger partial charge >= 0.3 is 0 Å². The second-order valence-electron chi connectivity index (χ2n) is 1.81. The van der Waals surface area contributed by atoms with Crippen LogP contribution in [0.15, 0.2) is 0 Å². The number of aliphatic hydroxyl groups excluding tert-OH is 1. The molecule has 54 valence electrons. The van der Waals surface area contributed by atoms with E-state index < -0.39 is 17.4 Å². The molecule has 0 amide bonds. The number of hydrogen-bond donors (Lipinski definition) is 2. The molecule has 2 N–H and O–H groups in total. The molecular formula is C5H10ClNO2. The number of rotatable bonds is 3. The lowest BCUT2D eigenvalue weighted by atomic mass is 10.2. The molecule has 0 aliphatic carbocycles. The smallest absolute Gasteiger partial charge is 0.241 e. The summed E-state index contributed by atoms with van der Waals surface area (Å²) < 4.78 is 0. The van der Waals surface area contributed by atoms with Crippen LogP contribution in [0.3, 0.4) is 0 Å². The molecule has 0 aromatic rings. The van der Waals surface area contributed by atoms with Crippen molar-refractivity contribution in [1.82, 2.24) is 5.32 Å². The Bertz CT molecular complexity index is 105. The van der Waals surface area contributed by atoms with E-state index in [4.69, 9.17) is 16.7 Å². The summed E-state index contributed by atoms with van der Waals surface area (Å²) in [5, 5.41) is 10.8. The molecule has 0 aliphatic rings. The van der Waals surface area contributed by atoms with Crippen molar-refractivity contribution in [2.75, 3.05) is 7.05 Å². The number of carbonyl (C=O) groups is 1. The van der Waals surface area contributed by atoms with Gasteiger partial charge in [0.1, 0.15) is 6.04 Å². The Balaban J connectivity index is 3.83.